The van der Waals surface area contributed by atoms with Crippen LogP contribution in [-0.4, -0.2) is 48.6 Å². The van der Waals surface area contributed by atoms with Gasteiger partial charge in [0.2, 0.25) is 0 Å². The molecule has 1 rings (SSSR count). The molecule has 1 aliphatic rings. The van der Waals surface area contributed by atoms with Gasteiger partial charge in [0.1, 0.15) is 0 Å². The number of hydrogen-bond acceptors (Lipinski definition) is 2. The maximum absolute atomic E-state index is 13.6. The van der Waals surface area contributed by atoms with E-state index in [2.05, 4.69) is 4.74 Å². The second-order valence-electron chi connectivity index (χ2n) is 7.51. The second-order valence-corrected chi connectivity index (χ2v) is 7.51. The van der Waals surface area contributed by atoms with Gasteiger partial charge in [-0.2, -0.15) is 43.9 Å². The van der Waals surface area contributed by atoms with Crippen molar-refractivity contribution < 1.29 is 62.2 Å². The SMILES string of the molecule is CC[C@H]1CC[C@H](CC(=O)OCC(F)(F)C(F)(F)C(F)(F)C(F)(F)C(F)(F)C(F)F)CC1. The van der Waals surface area contributed by atoms with Gasteiger partial charge < -0.3 is 4.74 Å². The molecule has 0 bridgehead atoms. The van der Waals surface area contributed by atoms with E-state index in [-0.39, 0.29) is 5.92 Å². The largest absolute Gasteiger partial charge is 0.459 e. The van der Waals surface area contributed by atoms with Gasteiger partial charge in [-0.15, -0.1) is 0 Å². The van der Waals surface area contributed by atoms with Gasteiger partial charge in [0.25, 0.3) is 0 Å². The van der Waals surface area contributed by atoms with Crippen molar-refractivity contribution in [3.05, 3.63) is 0 Å². The van der Waals surface area contributed by atoms with Crippen molar-refractivity contribution in [2.24, 2.45) is 11.8 Å². The summed E-state index contributed by atoms with van der Waals surface area (Å²) < 4.78 is 160. The minimum absolute atomic E-state index is 0.361. The Morgan fingerprint density at radius 3 is 1.68 bits per heavy atom. The highest BCUT2D eigenvalue weighted by Crippen LogP contribution is 2.58. The Morgan fingerprint density at radius 1 is 0.806 bits per heavy atom. The summed E-state index contributed by atoms with van der Waals surface area (Å²) in [6.45, 7) is -0.910. The first-order valence-electron chi connectivity index (χ1n) is 9.18. The van der Waals surface area contributed by atoms with Crippen molar-refractivity contribution in [2.75, 3.05) is 6.61 Å². The molecule has 0 heterocycles. The molecular formula is C17H20F12O2. The van der Waals surface area contributed by atoms with Gasteiger partial charge in [-0.1, -0.05) is 26.2 Å². The molecule has 0 aromatic carbocycles. The van der Waals surface area contributed by atoms with Crippen molar-refractivity contribution in [3.8, 4) is 0 Å². The Balaban J connectivity index is 2.87. The zero-order valence-electron chi connectivity index (χ0n) is 16.0. The van der Waals surface area contributed by atoms with Crippen molar-refractivity contribution in [1.29, 1.82) is 0 Å². The molecule has 0 amide bonds. The Labute approximate surface area is 169 Å². The van der Waals surface area contributed by atoms with E-state index in [0.717, 1.165) is 6.42 Å². The summed E-state index contributed by atoms with van der Waals surface area (Å²) >= 11 is 0. The second kappa shape index (κ2) is 9.24. The van der Waals surface area contributed by atoms with E-state index in [1.54, 1.807) is 0 Å². The molecular weight excluding hydrogens is 464 g/mol. The molecule has 0 aliphatic heterocycles. The molecule has 0 spiro atoms. The fraction of sp³-hybridized carbons (Fsp3) is 0.941. The van der Waals surface area contributed by atoms with Gasteiger partial charge >= 0.3 is 42.0 Å². The molecule has 14 heteroatoms. The van der Waals surface area contributed by atoms with Crippen LogP contribution in [0.5, 0.6) is 0 Å². The molecule has 0 N–H and O–H groups in total. The van der Waals surface area contributed by atoms with Crippen LogP contribution in [0, 0.1) is 11.8 Å². The Hall–Kier alpha value is -1.37. The summed E-state index contributed by atoms with van der Waals surface area (Å²) in [6.07, 6.45) is -2.88. The number of carbonyl (C=O) groups excluding carboxylic acids is 1. The highest BCUT2D eigenvalue weighted by molar-refractivity contribution is 5.69. The number of carbonyl (C=O) groups is 1. The summed E-state index contributed by atoms with van der Waals surface area (Å²) in [5.41, 5.74) is 0. The fourth-order valence-corrected chi connectivity index (χ4v) is 3.17. The van der Waals surface area contributed by atoms with E-state index >= 15 is 0 Å². The molecule has 0 unspecified atom stereocenters. The monoisotopic (exact) mass is 484 g/mol. The highest BCUT2D eigenvalue weighted by Gasteiger charge is 2.87. The Morgan fingerprint density at radius 2 is 1.26 bits per heavy atom. The first-order valence-corrected chi connectivity index (χ1v) is 9.18. The van der Waals surface area contributed by atoms with E-state index in [9.17, 15) is 57.5 Å². The van der Waals surface area contributed by atoms with Gasteiger partial charge in [-0.3, -0.25) is 4.79 Å². The molecule has 0 atom stereocenters. The third-order valence-electron chi connectivity index (χ3n) is 5.35. The van der Waals surface area contributed by atoms with Crippen LogP contribution in [-0.2, 0) is 9.53 Å². The number of ether oxygens (including phenoxy) is 1. The minimum Gasteiger partial charge on any atom is -0.459 e. The van der Waals surface area contributed by atoms with E-state index in [1.165, 1.54) is 0 Å². The van der Waals surface area contributed by atoms with Crippen molar-refractivity contribution in [3.63, 3.8) is 0 Å². The predicted octanol–water partition coefficient (Wildman–Crippen LogP) is 6.58. The summed E-state index contributed by atoms with van der Waals surface area (Å²) in [6, 6.07) is 0. The van der Waals surface area contributed by atoms with Gasteiger partial charge in [-0.05, 0) is 24.7 Å². The first kappa shape index (κ1) is 27.7. The average molecular weight is 484 g/mol. The maximum Gasteiger partial charge on any atom is 0.384 e. The van der Waals surface area contributed by atoms with Gasteiger partial charge in [0, 0.05) is 6.42 Å². The van der Waals surface area contributed by atoms with Crippen LogP contribution >= 0.6 is 0 Å². The normalized spacial score (nSPS) is 22.0. The summed E-state index contributed by atoms with van der Waals surface area (Å²) in [4.78, 5) is 11.6. The third-order valence-corrected chi connectivity index (χ3v) is 5.35. The lowest BCUT2D eigenvalue weighted by atomic mass is 9.79. The van der Waals surface area contributed by atoms with Crippen LogP contribution in [0.3, 0.4) is 0 Å². The van der Waals surface area contributed by atoms with Crippen LogP contribution < -0.4 is 0 Å². The van der Waals surface area contributed by atoms with E-state index in [0.29, 0.717) is 31.6 Å². The molecule has 0 saturated heterocycles. The van der Waals surface area contributed by atoms with Crippen LogP contribution in [0.15, 0.2) is 0 Å². The third kappa shape index (κ3) is 5.18. The zero-order chi connectivity index (χ0) is 24.5. The zero-order valence-corrected chi connectivity index (χ0v) is 16.0. The number of alkyl halides is 12. The molecule has 2 nitrogen and oxygen atoms in total. The highest BCUT2D eigenvalue weighted by atomic mass is 19.4. The topological polar surface area (TPSA) is 26.3 Å². The maximum atomic E-state index is 13.6. The molecule has 1 saturated carbocycles. The predicted molar refractivity (Wildman–Crippen MR) is 82.1 cm³/mol. The van der Waals surface area contributed by atoms with Crippen LogP contribution in [0.1, 0.15) is 45.4 Å². The molecule has 0 radical (unpaired) electrons. The number of halogens is 12. The van der Waals surface area contributed by atoms with Gasteiger partial charge in [0.15, 0.2) is 6.61 Å². The minimum atomic E-state index is -7.62. The summed E-state index contributed by atoms with van der Waals surface area (Å²) in [5, 5.41) is 0. The molecule has 31 heavy (non-hydrogen) atoms. The molecule has 0 aromatic heterocycles. The lowest BCUT2D eigenvalue weighted by molar-refractivity contribution is -0.414. The van der Waals surface area contributed by atoms with Crippen LogP contribution in [0.4, 0.5) is 52.7 Å². The fourth-order valence-electron chi connectivity index (χ4n) is 3.17. The smallest absolute Gasteiger partial charge is 0.384 e. The Kier molecular flexibility index (Phi) is 8.25. The van der Waals surface area contributed by atoms with E-state index in [1.807, 2.05) is 6.92 Å². The molecule has 1 fully saturated rings. The van der Waals surface area contributed by atoms with E-state index < -0.39 is 55.0 Å². The van der Waals surface area contributed by atoms with E-state index in [4.69, 9.17) is 0 Å². The lowest BCUT2D eigenvalue weighted by Gasteiger charge is -2.38. The number of esters is 1. The lowest BCUT2D eigenvalue weighted by Crippen LogP contribution is -2.69. The van der Waals surface area contributed by atoms with Crippen molar-refractivity contribution in [2.45, 2.75) is 81.5 Å². The molecule has 0 aromatic rings. The average Bonchev–Trinajstić information content (AvgIpc) is 2.66. The summed E-state index contributed by atoms with van der Waals surface area (Å²) in [5.74, 6) is -37.2. The van der Waals surface area contributed by atoms with Crippen LogP contribution in [0.25, 0.3) is 0 Å². The molecule has 184 valence electrons. The standard InChI is InChI=1S/C17H20F12O2/c1-2-9-3-5-10(6-4-9)7-11(30)31-8-13(20,21)15(24,25)17(28,29)16(26,27)14(22,23)12(18)19/h9-10,12H,2-8H2,1H3/t9-,10-. The molecule has 1 aliphatic carbocycles. The van der Waals surface area contributed by atoms with Gasteiger partial charge in [0.05, 0.1) is 0 Å². The van der Waals surface area contributed by atoms with Crippen molar-refractivity contribution >= 4 is 5.97 Å². The van der Waals surface area contributed by atoms with Crippen molar-refractivity contribution in [1.82, 2.24) is 0 Å². The Bertz CT molecular complexity index is 612. The number of rotatable bonds is 10. The summed E-state index contributed by atoms with van der Waals surface area (Å²) in [7, 11) is 0. The van der Waals surface area contributed by atoms with Crippen LogP contribution in [0.2, 0.25) is 0 Å². The number of hydrogen-bond donors (Lipinski definition) is 0. The quantitative estimate of drug-likeness (QED) is 0.259. The first-order chi connectivity index (χ1) is 13.8. The van der Waals surface area contributed by atoms with Gasteiger partial charge in [-0.25, -0.2) is 8.78 Å².